The number of carboxylic acid groups (broad SMARTS) is 1. The fraction of sp³-hybridized carbons (Fsp3) is 0.900. The zero-order valence-corrected chi connectivity index (χ0v) is 8.32. The van der Waals surface area contributed by atoms with Gasteiger partial charge >= 0.3 is 5.97 Å². The highest BCUT2D eigenvalue weighted by Crippen LogP contribution is 2.28. The van der Waals surface area contributed by atoms with Gasteiger partial charge in [-0.25, -0.2) is 4.79 Å². The summed E-state index contributed by atoms with van der Waals surface area (Å²) in [4.78, 5) is 10.2. The van der Waals surface area contributed by atoms with Crippen LogP contribution in [0.25, 0.3) is 0 Å². The van der Waals surface area contributed by atoms with Gasteiger partial charge in [0.1, 0.15) is 6.61 Å². The summed E-state index contributed by atoms with van der Waals surface area (Å²) in [5, 5.41) is 17.4. The van der Waals surface area contributed by atoms with Crippen molar-refractivity contribution in [2.75, 3.05) is 19.8 Å². The molecule has 82 valence electrons. The monoisotopic (exact) mass is 202 g/mol. The molecule has 0 aromatic carbocycles. The molecule has 0 heterocycles. The molecule has 0 aromatic heterocycles. The van der Waals surface area contributed by atoms with Gasteiger partial charge in [-0.15, -0.1) is 0 Å². The molecule has 0 spiro atoms. The Morgan fingerprint density at radius 3 is 2.71 bits per heavy atom. The summed E-state index contributed by atoms with van der Waals surface area (Å²) < 4.78 is 5.05. The van der Waals surface area contributed by atoms with Crippen LogP contribution in [-0.2, 0) is 9.53 Å². The second kappa shape index (κ2) is 5.98. The van der Waals surface area contributed by atoms with Crippen molar-refractivity contribution in [1.29, 1.82) is 0 Å². The first-order valence-electron chi connectivity index (χ1n) is 5.12. The Bertz CT molecular complexity index is 181. The summed E-state index contributed by atoms with van der Waals surface area (Å²) in [6.45, 7) is 0.554. The average molecular weight is 202 g/mol. The van der Waals surface area contributed by atoms with Gasteiger partial charge < -0.3 is 14.9 Å². The maximum absolute atomic E-state index is 10.2. The minimum atomic E-state index is -0.917. The molecule has 0 radical (unpaired) electrons. The maximum atomic E-state index is 10.2. The van der Waals surface area contributed by atoms with Crippen LogP contribution in [0.3, 0.4) is 0 Å². The van der Waals surface area contributed by atoms with E-state index >= 15 is 0 Å². The van der Waals surface area contributed by atoms with Crippen LogP contribution in [0.1, 0.15) is 25.7 Å². The van der Waals surface area contributed by atoms with Crippen molar-refractivity contribution in [2.24, 2.45) is 11.8 Å². The van der Waals surface area contributed by atoms with Gasteiger partial charge in [0.15, 0.2) is 0 Å². The van der Waals surface area contributed by atoms with Crippen molar-refractivity contribution in [2.45, 2.75) is 25.7 Å². The summed E-state index contributed by atoms with van der Waals surface area (Å²) in [5.74, 6) is -0.0954. The lowest BCUT2D eigenvalue weighted by Gasteiger charge is -2.27. The van der Waals surface area contributed by atoms with E-state index in [0.29, 0.717) is 18.4 Å². The van der Waals surface area contributed by atoms with Crippen LogP contribution < -0.4 is 0 Å². The molecule has 4 nitrogen and oxygen atoms in total. The lowest BCUT2D eigenvalue weighted by atomic mass is 9.82. The molecule has 4 heteroatoms. The number of hydrogen-bond acceptors (Lipinski definition) is 3. The second-order valence-electron chi connectivity index (χ2n) is 3.99. The van der Waals surface area contributed by atoms with E-state index in [2.05, 4.69) is 0 Å². The lowest BCUT2D eigenvalue weighted by molar-refractivity contribution is -0.142. The van der Waals surface area contributed by atoms with E-state index in [1.165, 1.54) is 0 Å². The summed E-state index contributed by atoms with van der Waals surface area (Å²) in [6.07, 6.45) is 4.27. The number of hydrogen-bond donors (Lipinski definition) is 2. The summed E-state index contributed by atoms with van der Waals surface area (Å²) >= 11 is 0. The number of ether oxygens (including phenoxy) is 1. The van der Waals surface area contributed by atoms with Crippen LogP contribution >= 0.6 is 0 Å². The van der Waals surface area contributed by atoms with Gasteiger partial charge in [0.25, 0.3) is 0 Å². The van der Waals surface area contributed by atoms with E-state index in [-0.39, 0.29) is 13.2 Å². The SMILES string of the molecule is O=C(O)COC[C@@H]1CCC[C@H](CO)C1. The molecular formula is C10H18O4. The fourth-order valence-corrected chi connectivity index (χ4v) is 2.03. The van der Waals surface area contributed by atoms with Crippen LogP contribution in [0.2, 0.25) is 0 Å². The van der Waals surface area contributed by atoms with Crippen molar-refractivity contribution >= 4 is 5.97 Å². The van der Waals surface area contributed by atoms with Gasteiger partial charge in [-0.3, -0.25) is 0 Å². The highest BCUT2D eigenvalue weighted by molar-refractivity contribution is 5.67. The predicted molar refractivity (Wildman–Crippen MR) is 51.0 cm³/mol. The van der Waals surface area contributed by atoms with Gasteiger partial charge in [-0.2, -0.15) is 0 Å². The van der Waals surface area contributed by atoms with Crippen molar-refractivity contribution in [3.8, 4) is 0 Å². The van der Waals surface area contributed by atoms with Gasteiger partial charge in [-0.05, 0) is 31.1 Å². The average Bonchev–Trinajstić information content (AvgIpc) is 2.18. The molecular weight excluding hydrogens is 184 g/mol. The first kappa shape index (κ1) is 11.5. The van der Waals surface area contributed by atoms with E-state index in [4.69, 9.17) is 14.9 Å². The highest BCUT2D eigenvalue weighted by Gasteiger charge is 2.21. The number of carboxylic acids is 1. The molecule has 2 atom stereocenters. The minimum absolute atomic E-state index is 0.208. The van der Waals surface area contributed by atoms with E-state index in [1.54, 1.807) is 0 Å². The van der Waals surface area contributed by atoms with E-state index in [1.807, 2.05) is 0 Å². The fourth-order valence-electron chi connectivity index (χ4n) is 2.03. The molecule has 0 aromatic rings. The molecule has 1 fully saturated rings. The number of carbonyl (C=O) groups is 1. The standard InChI is InChI=1S/C10H18O4/c11-5-8-2-1-3-9(4-8)6-14-7-10(12)13/h8-9,11H,1-7H2,(H,12,13)/t8-,9+/m0/s1. The van der Waals surface area contributed by atoms with Crippen LogP contribution in [-0.4, -0.2) is 36.0 Å². The van der Waals surface area contributed by atoms with Crippen LogP contribution in [0.5, 0.6) is 0 Å². The normalized spacial score (nSPS) is 27.5. The van der Waals surface area contributed by atoms with Crippen molar-refractivity contribution in [1.82, 2.24) is 0 Å². The molecule has 1 aliphatic rings. The molecule has 1 saturated carbocycles. The quantitative estimate of drug-likeness (QED) is 0.694. The molecule has 0 amide bonds. The Morgan fingerprint density at radius 1 is 1.36 bits per heavy atom. The van der Waals surface area contributed by atoms with E-state index in [9.17, 15) is 4.79 Å². The Morgan fingerprint density at radius 2 is 2.07 bits per heavy atom. The Labute approximate surface area is 83.9 Å². The largest absolute Gasteiger partial charge is 0.480 e. The first-order valence-corrected chi connectivity index (χ1v) is 5.12. The Balaban J connectivity index is 2.14. The second-order valence-corrected chi connectivity index (χ2v) is 3.99. The van der Waals surface area contributed by atoms with E-state index < -0.39 is 5.97 Å². The molecule has 0 saturated heterocycles. The molecule has 0 aliphatic heterocycles. The molecule has 1 aliphatic carbocycles. The molecule has 1 rings (SSSR count). The third kappa shape index (κ3) is 4.07. The smallest absolute Gasteiger partial charge is 0.329 e. The van der Waals surface area contributed by atoms with Crippen molar-refractivity contribution in [3.63, 3.8) is 0 Å². The predicted octanol–water partition coefficient (Wildman–Crippen LogP) is 0.886. The first-order chi connectivity index (χ1) is 6.72. The summed E-state index contributed by atoms with van der Waals surface area (Å²) in [6, 6.07) is 0. The number of aliphatic hydroxyl groups is 1. The van der Waals surface area contributed by atoms with Crippen molar-refractivity contribution < 1.29 is 19.7 Å². The number of aliphatic carboxylic acids is 1. The van der Waals surface area contributed by atoms with Crippen molar-refractivity contribution in [3.05, 3.63) is 0 Å². The molecule has 0 bridgehead atoms. The van der Waals surface area contributed by atoms with Gasteiger partial charge in [-0.1, -0.05) is 6.42 Å². The van der Waals surface area contributed by atoms with Crippen LogP contribution in [0.4, 0.5) is 0 Å². The molecule has 14 heavy (non-hydrogen) atoms. The molecule has 2 N–H and O–H groups in total. The summed E-state index contributed by atoms with van der Waals surface area (Å²) in [5.41, 5.74) is 0. The zero-order chi connectivity index (χ0) is 10.4. The van der Waals surface area contributed by atoms with Gasteiger partial charge in [0, 0.05) is 6.61 Å². The zero-order valence-electron chi connectivity index (χ0n) is 8.32. The van der Waals surface area contributed by atoms with E-state index in [0.717, 1.165) is 25.7 Å². The van der Waals surface area contributed by atoms with Crippen LogP contribution in [0.15, 0.2) is 0 Å². The van der Waals surface area contributed by atoms with Crippen LogP contribution in [0, 0.1) is 11.8 Å². The number of rotatable bonds is 5. The summed E-state index contributed by atoms with van der Waals surface area (Å²) in [7, 11) is 0. The van der Waals surface area contributed by atoms with Gasteiger partial charge in [0.2, 0.25) is 0 Å². The number of aliphatic hydroxyl groups excluding tert-OH is 1. The topological polar surface area (TPSA) is 66.8 Å². The molecule has 0 unspecified atom stereocenters. The third-order valence-corrected chi connectivity index (χ3v) is 2.73. The Kier molecular flexibility index (Phi) is 4.90. The lowest BCUT2D eigenvalue weighted by Crippen LogP contribution is -2.23. The third-order valence-electron chi connectivity index (χ3n) is 2.73. The Hall–Kier alpha value is -0.610. The van der Waals surface area contributed by atoms with Gasteiger partial charge in [0.05, 0.1) is 6.61 Å². The highest BCUT2D eigenvalue weighted by atomic mass is 16.5. The minimum Gasteiger partial charge on any atom is -0.480 e. The maximum Gasteiger partial charge on any atom is 0.329 e.